The summed E-state index contributed by atoms with van der Waals surface area (Å²) in [5.74, 6) is 0.332. The molecule has 12 heteroatoms. The van der Waals surface area contributed by atoms with E-state index in [1.165, 1.54) is 11.5 Å². The van der Waals surface area contributed by atoms with Crippen LogP contribution in [0.3, 0.4) is 0 Å². The van der Waals surface area contributed by atoms with Crippen molar-refractivity contribution < 1.29 is 19.4 Å². The number of piperidine rings is 1. The van der Waals surface area contributed by atoms with Crippen molar-refractivity contribution in [3.05, 3.63) is 69.0 Å². The molecule has 2 atom stereocenters. The molecule has 40 heavy (non-hydrogen) atoms. The first-order valence-electron chi connectivity index (χ1n) is 13.1. The van der Waals surface area contributed by atoms with E-state index < -0.39 is 11.6 Å². The summed E-state index contributed by atoms with van der Waals surface area (Å²) < 4.78 is 14.9. The van der Waals surface area contributed by atoms with E-state index in [0.29, 0.717) is 41.1 Å². The summed E-state index contributed by atoms with van der Waals surface area (Å²) in [5, 5.41) is 10.1. The zero-order valence-electron chi connectivity index (χ0n) is 22.1. The number of carbonyl (C=O) groups is 1. The first-order chi connectivity index (χ1) is 19.1. The highest BCUT2D eigenvalue weighted by Gasteiger charge is 2.42. The Bertz CT molecular complexity index is 1700. The van der Waals surface area contributed by atoms with Crippen LogP contribution in [0.5, 0.6) is 17.5 Å². The Labute approximate surface area is 234 Å². The third-order valence-electron chi connectivity index (χ3n) is 7.51. The SMILES string of the molecule is Cn1c(Oc2ccc3c(c2)OC(C)(C(=O)O)C3)nc2nc(N3CCC[C@@H](N)C3)n(Cc3ccccc3Cl)c2c1=O. The topological polar surface area (TPSA) is 138 Å². The van der Waals surface area contributed by atoms with Crippen molar-refractivity contribution in [1.29, 1.82) is 0 Å². The number of fused-ring (bicyclic) bond motifs is 2. The number of ether oxygens (including phenoxy) is 2. The molecule has 4 heterocycles. The maximum Gasteiger partial charge on any atom is 0.348 e. The van der Waals surface area contributed by atoms with Crippen LogP contribution in [0.4, 0.5) is 5.95 Å². The standard InChI is InChI=1S/C28H29ClN6O5/c1-28(25(37)38)13-16-9-10-19(12-21(16)40-28)39-27-32-23-22(24(36)33(27)2)35(14-17-6-3-4-8-20(17)29)26(31-23)34-11-5-7-18(30)15-34/h3-4,6,8-10,12,18H,5,7,11,13-15,30H2,1-2H3,(H,37,38)/t18-,28?/m1/s1. The Morgan fingerprint density at radius 3 is 2.83 bits per heavy atom. The number of rotatable bonds is 6. The third-order valence-corrected chi connectivity index (χ3v) is 7.88. The number of imidazole rings is 1. The zero-order valence-corrected chi connectivity index (χ0v) is 22.9. The molecule has 208 valence electrons. The van der Waals surface area contributed by atoms with Gasteiger partial charge in [-0.2, -0.15) is 9.97 Å². The molecule has 0 saturated carbocycles. The van der Waals surface area contributed by atoms with Gasteiger partial charge in [-0.1, -0.05) is 35.9 Å². The molecule has 4 aromatic rings. The number of aromatic nitrogens is 4. The summed E-state index contributed by atoms with van der Waals surface area (Å²) in [7, 11) is 1.58. The monoisotopic (exact) mass is 564 g/mol. The van der Waals surface area contributed by atoms with Gasteiger partial charge in [-0.3, -0.25) is 13.9 Å². The molecule has 0 spiro atoms. The van der Waals surface area contributed by atoms with Gasteiger partial charge >= 0.3 is 12.0 Å². The highest BCUT2D eigenvalue weighted by molar-refractivity contribution is 6.31. The van der Waals surface area contributed by atoms with Crippen molar-refractivity contribution in [3.63, 3.8) is 0 Å². The number of nitrogens with zero attached hydrogens (tertiary/aromatic N) is 5. The number of anilines is 1. The predicted octanol–water partition coefficient (Wildman–Crippen LogP) is 3.33. The van der Waals surface area contributed by atoms with E-state index in [0.717, 1.165) is 30.5 Å². The predicted molar refractivity (Wildman–Crippen MR) is 150 cm³/mol. The summed E-state index contributed by atoms with van der Waals surface area (Å²) in [6.45, 7) is 3.23. The molecule has 11 nitrogen and oxygen atoms in total. The van der Waals surface area contributed by atoms with Gasteiger partial charge in [0.2, 0.25) is 11.5 Å². The van der Waals surface area contributed by atoms with Crippen LogP contribution in [0.1, 0.15) is 30.9 Å². The van der Waals surface area contributed by atoms with Crippen LogP contribution in [0.25, 0.3) is 11.2 Å². The molecule has 1 unspecified atom stereocenters. The van der Waals surface area contributed by atoms with Gasteiger partial charge in [0.25, 0.3) is 5.56 Å². The van der Waals surface area contributed by atoms with E-state index in [-0.39, 0.29) is 29.7 Å². The van der Waals surface area contributed by atoms with Gasteiger partial charge < -0.3 is 25.2 Å². The van der Waals surface area contributed by atoms with Gasteiger partial charge in [0.05, 0.1) is 6.54 Å². The van der Waals surface area contributed by atoms with E-state index >= 15 is 0 Å². The Hall–Kier alpha value is -4.09. The van der Waals surface area contributed by atoms with Crippen LogP contribution >= 0.6 is 11.6 Å². The van der Waals surface area contributed by atoms with Crippen molar-refractivity contribution >= 4 is 34.7 Å². The van der Waals surface area contributed by atoms with Crippen LogP contribution in [-0.2, 0) is 24.8 Å². The van der Waals surface area contributed by atoms with E-state index in [1.54, 1.807) is 25.2 Å². The maximum atomic E-state index is 13.8. The van der Waals surface area contributed by atoms with Crippen molar-refractivity contribution in [2.75, 3.05) is 18.0 Å². The summed E-state index contributed by atoms with van der Waals surface area (Å²) in [6, 6.07) is 12.6. The lowest BCUT2D eigenvalue weighted by Gasteiger charge is -2.31. The first kappa shape index (κ1) is 26.1. The second-order valence-corrected chi connectivity index (χ2v) is 11.0. The number of aliphatic carboxylic acids is 1. The van der Waals surface area contributed by atoms with Crippen LogP contribution in [0, 0.1) is 0 Å². The highest BCUT2D eigenvalue weighted by atomic mass is 35.5. The molecule has 6 rings (SSSR count). The fourth-order valence-corrected chi connectivity index (χ4v) is 5.50. The number of carboxylic acids is 1. The van der Waals surface area contributed by atoms with Gasteiger partial charge in [-0.25, -0.2) is 4.79 Å². The summed E-state index contributed by atoms with van der Waals surface area (Å²) >= 11 is 6.49. The minimum absolute atomic E-state index is 0.00187. The Kier molecular flexibility index (Phi) is 6.42. The first-order valence-corrected chi connectivity index (χ1v) is 13.4. The second kappa shape index (κ2) is 9.83. The largest absolute Gasteiger partial charge is 0.478 e. The molecule has 2 aromatic carbocycles. The minimum Gasteiger partial charge on any atom is -0.478 e. The van der Waals surface area contributed by atoms with Gasteiger partial charge in [0.1, 0.15) is 11.5 Å². The number of nitrogens with two attached hydrogens (primary N) is 1. The molecule has 0 radical (unpaired) electrons. The molecule has 0 aliphatic carbocycles. The molecule has 0 amide bonds. The molecular formula is C28H29ClN6O5. The number of carboxylic acid groups (broad SMARTS) is 1. The van der Waals surface area contributed by atoms with Gasteiger partial charge in [0, 0.05) is 43.7 Å². The van der Waals surface area contributed by atoms with E-state index in [9.17, 15) is 14.7 Å². The summed E-state index contributed by atoms with van der Waals surface area (Å²) in [6.07, 6.45) is 2.08. The number of benzene rings is 2. The van der Waals surface area contributed by atoms with E-state index in [2.05, 4.69) is 9.88 Å². The van der Waals surface area contributed by atoms with Crippen molar-refractivity contribution in [2.24, 2.45) is 12.8 Å². The molecule has 2 aromatic heterocycles. The molecular weight excluding hydrogens is 536 g/mol. The fraction of sp³-hybridized carbons (Fsp3) is 0.357. The second-order valence-electron chi connectivity index (χ2n) is 10.6. The minimum atomic E-state index is -1.34. The fourth-order valence-electron chi connectivity index (χ4n) is 5.31. The molecule has 2 aliphatic rings. The zero-order chi connectivity index (χ0) is 28.2. The maximum absolute atomic E-state index is 13.8. The van der Waals surface area contributed by atoms with Crippen molar-refractivity contribution in [3.8, 4) is 17.5 Å². The molecule has 1 saturated heterocycles. The average Bonchev–Trinajstić information content (AvgIpc) is 3.46. The molecule has 2 aliphatic heterocycles. The quantitative estimate of drug-likeness (QED) is 0.361. The number of halogens is 1. The molecule has 0 bridgehead atoms. The van der Waals surface area contributed by atoms with Crippen molar-refractivity contribution in [1.82, 2.24) is 19.1 Å². The third kappa shape index (κ3) is 4.54. The molecule has 3 N–H and O–H groups in total. The highest BCUT2D eigenvalue weighted by Crippen LogP contribution is 2.38. The summed E-state index contributed by atoms with van der Waals surface area (Å²) in [4.78, 5) is 36.9. The van der Waals surface area contributed by atoms with Gasteiger partial charge in [-0.15, -0.1) is 0 Å². The van der Waals surface area contributed by atoms with Crippen LogP contribution in [0.15, 0.2) is 47.3 Å². The van der Waals surface area contributed by atoms with Crippen LogP contribution in [-0.4, -0.2) is 54.9 Å². The lowest BCUT2D eigenvalue weighted by Crippen LogP contribution is -2.44. The van der Waals surface area contributed by atoms with E-state index in [1.807, 2.05) is 28.8 Å². The Morgan fingerprint density at radius 1 is 1.27 bits per heavy atom. The number of hydrogen-bond acceptors (Lipinski definition) is 8. The number of hydrogen-bond donors (Lipinski definition) is 2. The summed E-state index contributed by atoms with van der Waals surface area (Å²) in [5.41, 5.74) is 6.79. The molecule has 1 fully saturated rings. The Morgan fingerprint density at radius 2 is 2.08 bits per heavy atom. The van der Waals surface area contributed by atoms with Gasteiger partial charge in [0.15, 0.2) is 11.2 Å². The average molecular weight is 565 g/mol. The Balaban J connectivity index is 1.41. The van der Waals surface area contributed by atoms with Crippen molar-refractivity contribution in [2.45, 2.75) is 44.4 Å². The van der Waals surface area contributed by atoms with E-state index in [4.69, 9.17) is 31.8 Å². The van der Waals surface area contributed by atoms with Gasteiger partial charge in [-0.05, 0) is 43.0 Å². The smallest absolute Gasteiger partial charge is 0.348 e. The van der Waals surface area contributed by atoms with Crippen LogP contribution in [0.2, 0.25) is 5.02 Å². The lowest BCUT2D eigenvalue weighted by atomic mass is 10.00. The van der Waals surface area contributed by atoms with Crippen LogP contribution < -0.4 is 25.7 Å². The normalized spacial score (nSPS) is 20.4. The lowest BCUT2D eigenvalue weighted by molar-refractivity contribution is -0.152.